The lowest BCUT2D eigenvalue weighted by molar-refractivity contribution is -0.147. The van der Waals surface area contributed by atoms with Crippen LogP contribution in [0.4, 0.5) is 4.79 Å². The van der Waals surface area contributed by atoms with Crippen LogP contribution in [-0.2, 0) is 14.3 Å². The number of hydrogen-bond acceptors (Lipinski definition) is 4. The SMILES string of the molecule is CC(C)(C)OC(=O)N[C@@H](C(=O)OCCl)C(C)(C)C. The third kappa shape index (κ3) is 6.69. The molecule has 6 heteroatoms. The Balaban J connectivity index is 4.72. The van der Waals surface area contributed by atoms with Crippen LogP contribution in [0.5, 0.6) is 0 Å². The zero-order valence-corrected chi connectivity index (χ0v) is 12.6. The molecule has 18 heavy (non-hydrogen) atoms. The summed E-state index contributed by atoms with van der Waals surface area (Å²) in [5.74, 6) is -0.580. The molecule has 0 aliphatic heterocycles. The molecule has 1 N–H and O–H groups in total. The van der Waals surface area contributed by atoms with Crippen molar-refractivity contribution in [3.63, 3.8) is 0 Å². The molecule has 1 atom stereocenters. The van der Waals surface area contributed by atoms with Crippen molar-refractivity contribution in [3.8, 4) is 0 Å². The fraction of sp³-hybridized carbons (Fsp3) is 0.833. The number of rotatable bonds is 3. The fourth-order valence-electron chi connectivity index (χ4n) is 1.19. The maximum absolute atomic E-state index is 11.7. The molecule has 106 valence electrons. The summed E-state index contributed by atoms with van der Waals surface area (Å²) in [5, 5.41) is 2.50. The lowest BCUT2D eigenvalue weighted by Gasteiger charge is -2.30. The summed E-state index contributed by atoms with van der Waals surface area (Å²) in [6, 6.07) is -1.06. The minimum atomic E-state index is -0.814. The minimum absolute atomic E-state index is 0.249. The second kappa shape index (κ2) is 6.27. The number of carbonyl (C=O) groups is 2. The van der Waals surface area contributed by atoms with Gasteiger partial charge in [-0.25, -0.2) is 9.59 Å². The van der Waals surface area contributed by atoms with Crippen molar-refractivity contribution >= 4 is 23.7 Å². The van der Waals surface area contributed by atoms with Gasteiger partial charge in [0.1, 0.15) is 11.6 Å². The van der Waals surface area contributed by atoms with Crippen LogP contribution in [0.1, 0.15) is 41.5 Å². The molecule has 0 saturated heterocycles. The maximum atomic E-state index is 11.7. The van der Waals surface area contributed by atoms with E-state index in [1.807, 2.05) is 20.8 Å². The molecule has 0 aromatic heterocycles. The molecule has 0 heterocycles. The van der Waals surface area contributed by atoms with Gasteiger partial charge < -0.3 is 14.8 Å². The van der Waals surface area contributed by atoms with Gasteiger partial charge in [0, 0.05) is 0 Å². The molecular formula is C12H22ClNO4. The first-order valence-corrected chi connectivity index (χ1v) is 6.23. The third-order valence-electron chi connectivity index (χ3n) is 1.96. The second-order valence-electron chi connectivity index (χ2n) is 6.02. The highest BCUT2D eigenvalue weighted by Gasteiger charge is 2.35. The van der Waals surface area contributed by atoms with Crippen LogP contribution >= 0.6 is 11.6 Å². The van der Waals surface area contributed by atoms with Crippen molar-refractivity contribution in [3.05, 3.63) is 0 Å². The van der Waals surface area contributed by atoms with Crippen molar-refractivity contribution in [1.82, 2.24) is 5.32 Å². The normalized spacial score (nSPS) is 13.7. The Bertz CT molecular complexity index is 304. The summed E-state index contributed by atoms with van der Waals surface area (Å²) in [7, 11) is 0. The first kappa shape index (κ1) is 17.0. The number of alkyl carbamates (subject to hydrolysis) is 1. The van der Waals surface area contributed by atoms with E-state index in [1.165, 1.54) is 0 Å². The van der Waals surface area contributed by atoms with Gasteiger partial charge in [-0.15, -0.1) is 0 Å². The Morgan fingerprint density at radius 2 is 1.67 bits per heavy atom. The van der Waals surface area contributed by atoms with Crippen LogP contribution in [0.25, 0.3) is 0 Å². The molecule has 0 radical (unpaired) electrons. The Morgan fingerprint density at radius 3 is 2.00 bits per heavy atom. The van der Waals surface area contributed by atoms with E-state index in [9.17, 15) is 9.59 Å². The minimum Gasteiger partial charge on any atom is -0.448 e. The smallest absolute Gasteiger partial charge is 0.408 e. The van der Waals surface area contributed by atoms with Gasteiger partial charge in [0.15, 0.2) is 6.07 Å². The summed E-state index contributed by atoms with van der Waals surface area (Å²) in [5.41, 5.74) is -1.12. The quantitative estimate of drug-likeness (QED) is 0.637. The van der Waals surface area contributed by atoms with E-state index in [1.54, 1.807) is 20.8 Å². The standard InChI is InChI=1S/C12H22ClNO4/c1-11(2,3)8(9(15)17-7-13)14-10(16)18-12(4,5)6/h8H,7H2,1-6H3,(H,14,16)/t8-/m0/s1. The van der Waals surface area contributed by atoms with E-state index >= 15 is 0 Å². The van der Waals surface area contributed by atoms with Crippen molar-refractivity contribution in [2.24, 2.45) is 5.41 Å². The lowest BCUT2D eigenvalue weighted by Crippen LogP contribution is -2.51. The molecule has 0 rings (SSSR count). The molecule has 0 aromatic rings. The zero-order valence-electron chi connectivity index (χ0n) is 11.8. The summed E-state index contributed by atoms with van der Waals surface area (Å²) in [6.45, 7) is 10.7. The maximum Gasteiger partial charge on any atom is 0.408 e. The van der Waals surface area contributed by atoms with Crippen LogP contribution in [0.2, 0.25) is 0 Å². The van der Waals surface area contributed by atoms with Crippen molar-refractivity contribution in [1.29, 1.82) is 0 Å². The Hall–Kier alpha value is -0.970. The van der Waals surface area contributed by atoms with Crippen molar-refractivity contribution in [2.45, 2.75) is 53.2 Å². The molecule has 0 aromatic carbocycles. The average molecular weight is 280 g/mol. The lowest BCUT2D eigenvalue weighted by atomic mass is 9.87. The Kier molecular flexibility index (Phi) is 5.93. The highest BCUT2D eigenvalue weighted by molar-refractivity contribution is 6.17. The predicted molar refractivity (Wildman–Crippen MR) is 69.4 cm³/mol. The molecule has 0 unspecified atom stereocenters. The third-order valence-corrected chi connectivity index (χ3v) is 2.07. The van der Waals surface area contributed by atoms with Crippen LogP contribution in [-0.4, -0.2) is 29.8 Å². The van der Waals surface area contributed by atoms with Crippen molar-refractivity contribution < 1.29 is 19.1 Å². The Morgan fingerprint density at radius 1 is 1.17 bits per heavy atom. The van der Waals surface area contributed by atoms with Gasteiger partial charge in [0.05, 0.1) is 0 Å². The van der Waals surface area contributed by atoms with Gasteiger partial charge in [-0.2, -0.15) is 0 Å². The molecule has 0 aliphatic carbocycles. The average Bonchev–Trinajstić information content (AvgIpc) is 2.09. The largest absolute Gasteiger partial charge is 0.448 e. The first-order chi connectivity index (χ1) is 7.97. The number of hydrogen-bond donors (Lipinski definition) is 1. The number of esters is 1. The van der Waals surface area contributed by atoms with E-state index in [0.717, 1.165) is 0 Å². The van der Waals surface area contributed by atoms with E-state index in [-0.39, 0.29) is 6.07 Å². The van der Waals surface area contributed by atoms with Gasteiger partial charge >= 0.3 is 12.1 Å². The monoisotopic (exact) mass is 279 g/mol. The number of carbonyl (C=O) groups excluding carboxylic acids is 2. The summed E-state index contributed by atoms with van der Waals surface area (Å²) in [6.07, 6.45) is -0.658. The molecule has 0 spiro atoms. The van der Waals surface area contributed by atoms with Crippen LogP contribution in [0.15, 0.2) is 0 Å². The van der Waals surface area contributed by atoms with Crippen molar-refractivity contribution in [2.75, 3.05) is 6.07 Å². The summed E-state index contributed by atoms with van der Waals surface area (Å²) in [4.78, 5) is 23.4. The molecule has 0 aliphatic rings. The van der Waals surface area contributed by atoms with E-state index in [4.69, 9.17) is 21.1 Å². The van der Waals surface area contributed by atoms with E-state index in [0.29, 0.717) is 0 Å². The number of alkyl halides is 1. The number of ether oxygens (including phenoxy) is 2. The summed E-state index contributed by atoms with van der Waals surface area (Å²) < 4.78 is 9.82. The number of amides is 1. The molecule has 5 nitrogen and oxygen atoms in total. The predicted octanol–water partition coefficient (Wildman–Crippen LogP) is 2.67. The topological polar surface area (TPSA) is 64.6 Å². The van der Waals surface area contributed by atoms with Gasteiger partial charge in [0.25, 0.3) is 0 Å². The Labute approximate surface area is 113 Å². The van der Waals surface area contributed by atoms with Crippen LogP contribution < -0.4 is 5.32 Å². The zero-order chi connectivity index (χ0) is 14.6. The molecule has 0 saturated carbocycles. The van der Waals surface area contributed by atoms with Gasteiger partial charge in [-0.3, -0.25) is 0 Å². The van der Waals surface area contributed by atoms with Gasteiger partial charge in [-0.1, -0.05) is 32.4 Å². The van der Waals surface area contributed by atoms with Crippen LogP contribution in [0, 0.1) is 5.41 Å². The number of halogens is 1. The first-order valence-electron chi connectivity index (χ1n) is 5.69. The summed E-state index contributed by atoms with van der Waals surface area (Å²) >= 11 is 5.35. The van der Waals surface area contributed by atoms with E-state index in [2.05, 4.69) is 5.32 Å². The van der Waals surface area contributed by atoms with Gasteiger partial charge in [-0.05, 0) is 26.2 Å². The second-order valence-corrected chi connectivity index (χ2v) is 6.24. The molecule has 1 amide bonds. The molecule has 0 bridgehead atoms. The highest BCUT2D eigenvalue weighted by Crippen LogP contribution is 2.21. The van der Waals surface area contributed by atoms with E-state index < -0.39 is 29.1 Å². The molecular weight excluding hydrogens is 258 g/mol. The highest BCUT2D eigenvalue weighted by atomic mass is 35.5. The fourth-order valence-corrected chi connectivity index (χ4v) is 1.30. The van der Waals surface area contributed by atoms with Gasteiger partial charge in [0.2, 0.25) is 0 Å². The number of nitrogens with one attached hydrogen (secondary N) is 1. The van der Waals surface area contributed by atoms with Crippen LogP contribution in [0.3, 0.4) is 0 Å². The molecule has 0 fully saturated rings.